The van der Waals surface area contributed by atoms with Gasteiger partial charge in [0.2, 0.25) is 0 Å². The summed E-state index contributed by atoms with van der Waals surface area (Å²) in [6.45, 7) is 6.76. The Balaban J connectivity index is 2.14. The molecule has 0 spiro atoms. The number of piperazine rings is 1. The predicted molar refractivity (Wildman–Crippen MR) is 76.0 cm³/mol. The first-order valence-electron chi connectivity index (χ1n) is 6.88. The number of aliphatic hydroxyl groups is 1. The van der Waals surface area contributed by atoms with E-state index in [-0.39, 0.29) is 17.7 Å². The summed E-state index contributed by atoms with van der Waals surface area (Å²) in [5, 5.41) is 18.6. The molecule has 4 nitrogen and oxygen atoms in total. The third-order valence-corrected chi connectivity index (χ3v) is 3.71. The molecule has 0 amide bonds. The number of aliphatic hydroxyl groups excluding tert-OH is 1. The van der Waals surface area contributed by atoms with E-state index in [2.05, 4.69) is 11.8 Å². The highest BCUT2D eigenvalue weighted by Crippen LogP contribution is 2.25. The fraction of sp³-hybridized carbons (Fsp3) is 0.533. The van der Waals surface area contributed by atoms with Crippen LogP contribution in [0.1, 0.15) is 19.4 Å². The van der Waals surface area contributed by atoms with E-state index < -0.39 is 5.82 Å². The first-order valence-corrected chi connectivity index (χ1v) is 6.88. The van der Waals surface area contributed by atoms with Crippen molar-refractivity contribution in [2.45, 2.75) is 26.0 Å². The van der Waals surface area contributed by atoms with Gasteiger partial charge in [-0.05, 0) is 26.0 Å². The van der Waals surface area contributed by atoms with Crippen LogP contribution in [0.5, 0.6) is 0 Å². The van der Waals surface area contributed by atoms with Gasteiger partial charge in [0.1, 0.15) is 17.4 Å². The molecule has 20 heavy (non-hydrogen) atoms. The highest BCUT2D eigenvalue weighted by Gasteiger charge is 2.26. The van der Waals surface area contributed by atoms with Crippen molar-refractivity contribution in [1.29, 1.82) is 5.26 Å². The van der Waals surface area contributed by atoms with Crippen LogP contribution in [0.15, 0.2) is 18.2 Å². The second kappa shape index (κ2) is 6.21. The smallest absolute Gasteiger partial charge is 0.143 e. The van der Waals surface area contributed by atoms with Gasteiger partial charge in [-0.25, -0.2) is 4.39 Å². The number of benzene rings is 1. The van der Waals surface area contributed by atoms with E-state index in [1.165, 1.54) is 6.07 Å². The van der Waals surface area contributed by atoms with Gasteiger partial charge in [-0.1, -0.05) is 6.07 Å². The van der Waals surface area contributed by atoms with Crippen molar-refractivity contribution in [2.75, 3.05) is 31.1 Å². The van der Waals surface area contributed by atoms with E-state index in [9.17, 15) is 9.50 Å². The highest BCUT2D eigenvalue weighted by molar-refractivity contribution is 5.60. The molecule has 1 saturated heterocycles. The monoisotopic (exact) mass is 277 g/mol. The van der Waals surface area contributed by atoms with Gasteiger partial charge in [0.15, 0.2) is 0 Å². The van der Waals surface area contributed by atoms with E-state index in [0.717, 1.165) is 19.6 Å². The number of anilines is 1. The number of hydrogen-bond acceptors (Lipinski definition) is 4. The zero-order valence-corrected chi connectivity index (χ0v) is 11.9. The van der Waals surface area contributed by atoms with Gasteiger partial charge in [-0.3, -0.25) is 4.90 Å². The third-order valence-electron chi connectivity index (χ3n) is 3.71. The fourth-order valence-corrected chi connectivity index (χ4v) is 2.71. The zero-order chi connectivity index (χ0) is 14.7. The van der Waals surface area contributed by atoms with E-state index >= 15 is 0 Å². The molecule has 1 aromatic rings. The Morgan fingerprint density at radius 2 is 2.25 bits per heavy atom. The minimum Gasteiger partial charge on any atom is -0.392 e. The molecule has 2 atom stereocenters. The molecule has 108 valence electrons. The number of halogens is 1. The summed E-state index contributed by atoms with van der Waals surface area (Å²) in [6, 6.07) is 6.95. The lowest BCUT2D eigenvalue weighted by Crippen LogP contribution is -2.53. The third kappa shape index (κ3) is 3.09. The summed E-state index contributed by atoms with van der Waals surface area (Å²) in [7, 11) is 0. The highest BCUT2D eigenvalue weighted by atomic mass is 19.1. The molecule has 1 aliphatic heterocycles. The maximum atomic E-state index is 13.7. The van der Waals surface area contributed by atoms with Crippen molar-refractivity contribution in [1.82, 2.24) is 4.90 Å². The van der Waals surface area contributed by atoms with Crippen molar-refractivity contribution >= 4 is 5.69 Å². The molecular formula is C15H20FN3O. The van der Waals surface area contributed by atoms with Crippen molar-refractivity contribution in [3.05, 3.63) is 29.6 Å². The molecule has 1 heterocycles. The van der Waals surface area contributed by atoms with Gasteiger partial charge in [-0.2, -0.15) is 5.26 Å². The SMILES string of the molecule is C[C@H](O)CN1CCN(c2cccc(F)c2C#N)C[C@H]1C. The molecule has 0 saturated carbocycles. The van der Waals surface area contributed by atoms with Crippen LogP contribution in [-0.2, 0) is 0 Å². The lowest BCUT2D eigenvalue weighted by molar-refractivity contribution is 0.0960. The van der Waals surface area contributed by atoms with Crippen molar-refractivity contribution < 1.29 is 9.50 Å². The second-order valence-electron chi connectivity index (χ2n) is 5.38. The van der Waals surface area contributed by atoms with Crippen molar-refractivity contribution in [3.63, 3.8) is 0 Å². The Kier molecular flexibility index (Phi) is 4.58. The number of nitrogens with zero attached hydrogens (tertiary/aromatic N) is 3. The Hall–Kier alpha value is -1.64. The molecule has 0 aromatic heterocycles. The zero-order valence-electron chi connectivity index (χ0n) is 11.9. The molecule has 1 N–H and O–H groups in total. The predicted octanol–water partition coefficient (Wildman–Crippen LogP) is 1.59. The van der Waals surface area contributed by atoms with Gasteiger partial charge >= 0.3 is 0 Å². The first-order chi connectivity index (χ1) is 9.52. The van der Waals surface area contributed by atoms with Gasteiger partial charge in [-0.15, -0.1) is 0 Å². The summed E-state index contributed by atoms with van der Waals surface area (Å²) in [5.74, 6) is -0.468. The number of nitriles is 1. The van der Waals surface area contributed by atoms with E-state index in [0.29, 0.717) is 12.2 Å². The molecule has 0 unspecified atom stereocenters. The molecule has 2 rings (SSSR count). The minimum absolute atomic E-state index is 0.115. The second-order valence-corrected chi connectivity index (χ2v) is 5.38. The summed E-state index contributed by atoms with van der Waals surface area (Å²) in [6.07, 6.45) is -0.354. The maximum Gasteiger partial charge on any atom is 0.143 e. The first kappa shape index (κ1) is 14.8. The lowest BCUT2D eigenvalue weighted by Gasteiger charge is -2.41. The van der Waals surface area contributed by atoms with Crippen molar-refractivity contribution in [2.24, 2.45) is 0 Å². The Morgan fingerprint density at radius 3 is 2.85 bits per heavy atom. The van der Waals surface area contributed by atoms with Crippen LogP contribution in [0.4, 0.5) is 10.1 Å². The van der Waals surface area contributed by atoms with Crippen LogP contribution in [0.2, 0.25) is 0 Å². The topological polar surface area (TPSA) is 50.5 Å². The molecule has 0 bridgehead atoms. The Labute approximate surface area is 119 Å². The quantitative estimate of drug-likeness (QED) is 0.911. The molecule has 1 aliphatic rings. The number of hydrogen-bond donors (Lipinski definition) is 1. The maximum absolute atomic E-state index is 13.7. The Bertz CT molecular complexity index is 512. The standard InChI is InChI=1S/C15H20FN3O/c1-11-9-19(7-6-18(11)10-12(2)20)15-5-3-4-14(16)13(15)8-17/h3-5,11-12,20H,6-7,9-10H2,1-2H3/t11-,12+/m1/s1. The van der Waals surface area contributed by atoms with Gasteiger partial charge in [0.05, 0.1) is 11.8 Å². The lowest BCUT2D eigenvalue weighted by atomic mass is 10.1. The van der Waals surface area contributed by atoms with Crippen LogP contribution < -0.4 is 4.90 Å². The van der Waals surface area contributed by atoms with Crippen LogP contribution in [0, 0.1) is 17.1 Å². The summed E-state index contributed by atoms with van der Waals surface area (Å²) in [5.41, 5.74) is 0.778. The van der Waals surface area contributed by atoms with Crippen LogP contribution in [0.3, 0.4) is 0 Å². The van der Waals surface area contributed by atoms with Gasteiger partial charge < -0.3 is 10.0 Å². The molecule has 0 aliphatic carbocycles. The number of β-amino-alcohol motifs (C(OH)–C–C–N with tert-alkyl or cyclic N) is 1. The van der Waals surface area contributed by atoms with E-state index in [1.54, 1.807) is 19.1 Å². The summed E-state index contributed by atoms with van der Waals surface area (Å²) in [4.78, 5) is 4.26. The molecule has 0 radical (unpaired) electrons. The fourth-order valence-electron chi connectivity index (χ4n) is 2.71. The van der Waals surface area contributed by atoms with Crippen LogP contribution in [0.25, 0.3) is 0 Å². The summed E-state index contributed by atoms with van der Waals surface area (Å²) < 4.78 is 13.7. The average molecular weight is 277 g/mol. The molecular weight excluding hydrogens is 257 g/mol. The van der Waals surface area contributed by atoms with E-state index in [1.807, 2.05) is 11.0 Å². The largest absolute Gasteiger partial charge is 0.392 e. The summed E-state index contributed by atoms with van der Waals surface area (Å²) >= 11 is 0. The molecule has 1 aromatic carbocycles. The molecule has 1 fully saturated rings. The number of rotatable bonds is 3. The van der Waals surface area contributed by atoms with Gasteiger partial charge in [0, 0.05) is 32.2 Å². The Morgan fingerprint density at radius 1 is 1.50 bits per heavy atom. The average Bonchev–Trinajstić information content (AvgIpc) is 2.40. The van der Waals surface area contributed by atoms with Crippen molar-refractivity contribution in [3.8, 4) is 6.07 Å². The van der Waals surface area contributed by atoms with E-state index in [4.69, 9.17) is 5.26 Å². The van der Waals surface area contributed by atoms with Crippen LogP contribution >= 0.6 is 0 Å². The van der Waals surface area contributed by atoms with Crippen LogP contribution in [-0.4, -0.2) is 48.3 Å². The minimum atomic E-state index is -0.468. The normalized spacial score (nSPS) is 21.6. The molecule has 5 heteroatoms. The van der Waals surface area contributed by atoms with Gasteiger partial charge in [0.25, 0.3) is 0 Å².